The van der Waals surface area contributed by atoms with Gasteiger partial charge in [-0.25, -0.2) is 19.3 Å². The Hall–Kier alpha value is -4.96. The summed E-state index contributed by atoms with van der Waals surface area (Å²) in [7, 11) is 0. The van der Waals surface area contributed by atoms with E-state index >= 15 is 0 Å². The molecule has 7 rings (SSSR count). The summed E-state index contributed by atoms with van der Waals surface area (Å²) in [6.45, 7) is 2.05. The minimum atomic E-state index is -1.40. The molecule has 1 fully saturated rings. The number of aryl methyl sites for hydroxylation is 1. The number of aromatic nitrogens is 6. The molecule has 1 amide bonds. The van der Waals surface area contributed by atoms with Gasteiger partial charge in [-0.15, -0.1) is 0 Å². The Morgan fingerprint density at radius 1 is 1.11 bits per heavy atom. The van der Waals surface area contributed by atoms with Gasteiger partial charge in [0.25, 0.3) is 5.91 Å². The van der Waals surface area contributed by atoms with Crippen LogP contribution in [-0.2, 0) is 19.4 Å². The molecule has 4 atom stereocenters. The summed E-state index contributed by atoms with van der Waals surface area (Å²) >= 11 is 0. The van der Waals surface area contributed by atoms with E-state index in [9.17, 15) is 34.7 Å². The number of carbonyl (C=O) groups is 1. The average Bonchev–Trinajstić information content (AvgIpc) is 3.71. The molecule has 0 bridgehead atoms. The number of piperidine rings is 1. The van der Waals surface area contributed by atoms with Gasteiger partial charge in [-0.2, -0.15) is 5.10 Å². The van der Waals surface area contributed by atoms with E-state index in [1.54, 1.807) is 4.90 Å². The van der Waals surface area contributed by atoms with Crippen LogP contribution >= 0.6 is 0 Å². The highest BCUT2D eigenvalue weighted by atomic mass is 19.1. The molecule has 0 spiro atoms. The molecule has 0 radical (unpaired) electrons. The highest BCUT2D eigenvalue weighted by molar-refractivity contribution is 5.94. The van der Waals surface area contributed by atoms with Crippen LogP contribution in [0.5, 0.6) is 5.75 Å². The van der Waals surface area contributed by atoms with Crippen LogP contribution in [0.2, 0.25) is 0 Å². The van der Waals surface area contributed by atoms with Crippen LogP contribution < -0.4 is 4.90 Å². The number of hydrogen-bond acceptors (Lipinski definition) is 11. The van der Waals surface area contributed by atoms with E-state index in [2.05, 4.69) is 25.1 Å². The second-order valence-corrected chi connectivity index (χ2v) is 11.8. The van der Waals surface area contributed by atoms with Gasteiger partial charge in [0.15, 0.2) is 17.4 Å². The number of nitrogens with one attached hydrogen (secondary N) is 2. The van der Waals surface area contributed by atoms with E-state index in [1.807, 2.05) is 25.1 Å². The number of nitrogens with zero attached hydrogens (tertiary/aromatic N) is 6. The standard InChI is InChI=1S/C32H33FN8O6/c1-2-15-8-25(43)19(33)9-18(15)16-3-4-17-21(7-16)38-39-28(17)31-36-20-5-6-40(12-23(20)37-31)32(47)22-10-35-27(11-34-22)41-13-26(44)30(46)29(45)24(41)14-42/h3-4,7-11,24,26,29-30,42-46H,2,5-6,12-14H2,1H3,(H,36,37)(H,38,39)/t24-,26+,29-,30-/m1/s1. The van der Waals surface area contributed by atoms with Gasteiger partial charge in [-0.05, 0) is 47.4 Å². The zero-order valence-corrected chi connectivity index (χ0v) is 25.3. The Kier molecular flexibility index (Phi) is 7.83. The van der Waals surface area contributed by atoms with E-state index in [-0.39, 0.29) is 36.3 Å². The first-order valence-corrected chi connectivity index (χ1v) is 15.3. The zero-order valence-electron chi connectivity index (χ0n) is 25.3. The lowest BCUT2D eigenvalue weighted by Gasteiger charge is -2.43. The maximum atomic E-state index is 14.2. The largest absolute Gasteiger partial charge is 0.505 e. The van der Waals surface area contributed by atoms with Gasteiger partial charge in [-0.1, -0.05) is 13.0 Å². The van der Waals surface area contributed by atoms with Gasteiger partial charge in [0.2, 0.25) is 0 Å². The van der Waals surface area contributed by atoms with Crippen LogP contribution in [0, 0.1) is 5.82 Å². The highest BCUT2D eigenvalue weighted by Gasteiger charge is 2.42. The number of β-amino-alcohol motifs (C(OH)–C–C–N with tert-alkyl or cyclic N) is 1. The Bertz CT molecular complexity index is 1960. The van der Waals surface area contributed by atoms with Gasteiger partial charge in [0, 0.05) is 24.9 Å². The number of aliphatic hydroxyl groups excluding tert-OH is 4. The van der Waals surface area contributed by atoms with Gasteiger partial charge >= 0.3 is 0 Å². The number of phenolic OH excluding ortho intramolecular Hbond substituents is 1. The molecule has 0 saturated carbocycles. The number of phenols is 1. The number of amides is 1. The topological polar surface area (TPSA) is 208 Å². The van der Waals surface area contributed by atoms with Crippen LogP contribution in [0.1, 0.15) is 34.4 Å². The Balaban J connectivity index is 1.08. The van der Waals surface area contributed by atoms with Crippen LogP contribution in [0.4, 0.5) is 10.2 Å². The Morgan fingerprint density at radius 2 is 1.94 bits per heavy atom. The van der Waals surface area contributed by atoms with Gasteiger partial charge in [-0.3, -0.25) is 9.89 Å². The number of fused-ring (bicyclic) bond motifs is 2. The minimum absolute atomic E-state index is 0.0763. The molecule has 244 valence electrons. The van der Waals surface area contributed by atoms with Crippen molar-refractivity contribution < 1.29 is 34.7 Å². The number of benzene rings is 2. The van der Waals surface area contributed by atoms with Crippen molar-refractivity contribution in [3.05, 3.63) is 71.2 Å². The Morgan fingerprint density at radius 3 is 2.68 bits per heavy atom. The summed E-state index contributed by atoms with van der Waals surface area (Å²) in [5.41, 5.74) is 5.33. The van der Waals surface area contributed by atoms with E-state index in [0.717, 1.165) is 33.4 Å². The first-order valence-electron chi connectivity index (χ1n) is 15.3. The second-order valence-electron chi connectivity index (χ2n) is 11.8. The summed E-state index contributed by atoms with van der Waals surface area (Å²) in [6.07, 6.45) is -0.268. The summed E-state index contributed by atoms with van der Waals surface area (Å²) in [6, 6.07) is 7.54. The maximum absolute atomic E-state index is 14.2. The number of rotatable bonds is 6. The van der Waals surface area contributed by atoms with E-state index < -0.39 is 36.8 Å². The van der Waals surface area contributed by atoms with Crippen molar-refractivity contribution in [2.75, 3.05) is 24.6 Å². The zero-order chi connectivity index (χ0) is 33.0. The number of carbonyl (C=O) groups excluding carboxylic acids is 1. The fourth-order valence-corrected chi connectivity index (χ4v) is 6.41. The van der Waals surface area contributed by atoms with Crippen LogP contribution in [0.15, 0.2) is 42.7 Å². The first-order chi connectivity index (χ1) is 22.7. The number of H-pyrrole nitrogens is 2. The van der Waals surface area contributed by atoms with Crippen LogP contribution in [0.25, 0.3) is 33.5 Å². The minimum Gasteiger partial charge on any atom is -0.505 e. The van der Waals surface area contributed by atoms with Crippen molar-refractivity contribution in [3.63, 3.8) is 0 Å². The lowest BCUT2D eigenvalue weighted by atomic mass is 9.94. The molecule has 5 heterocycles. The van der Waals surface area contributed by atoms with Gasteiger partial charge < -0.3 is 40.3 Å². The predicted molar refractivity (Wildman–Crippen MR) is 167 cm³/mol. The third-order valence-electron chi connectivity index (χ3n) is 9.03. The molecular formula is C32H33FN8O6. The predicted octanol–water partition coefficient (Wildman–Crippen LogP) is 1.28. The molecule has 15 heteroatoms. The smallest absolute Gasteiger partial charge is 0.274 e. The lowest BCUT2D eigenvalue weighted by molar-refractivity contribution is -0.0904. The quantitative estimate of drug-likeness (QED) is 0.140. The van der Waals surface area contributed by atoms with Crippen molar-refractivity contribution >= 4 is 22.6 Å². The van der Waals surface area contributed by atoms with Gasteiger partial charge in [0.1, 0.15) is 29.4 Å². The Labute approximate surface area is 267 Å². The number of anilines is 1. The van der Waals surface area contributed by atoms with Crippen molar-refractivity contribution in [3.8, 4) is 28.4 Å². The second kappa shape index (κ2) is 12.0. The van der Waals surface area contributed by atoms with E-state index in [1.165, 1.54) is 29.4 Å². The molecule has 0 aliphatic carbocycles. The van der Waals surface area contributed by atoms with Gasteiger partial charge in [0.05, 0.1) is 54.6 Å². The maximum Gasteiger partial charge on any atom is 0.274 e. The summed E-state index contributed by atoms with van der Waals surface area (Å²) in [5, 5.41) is 58.3. The fourth-order valence-electron chi connectivity index (χ4n) is 6.41. The van der Waals surface area contributed by atoms with Crippen LogP contribution in [-0.4, -0.2) is 111 Å². The molecule has 0 unspecified atom stereocenters. The number of aromatic hydroxyl groups is 1. The lowest BCUT2D eigenvalue weighted by Crippen LogP contribution is -2.63. The normalized spacial score (nSPS) is 21.3. The molecule has 1 saturated heterocycles. The molecule has 3 aromatic heterocycles. The van der Waals surface area contributed by atoms with Crippen molar-refractivity contribution in [1.82, 2.24) is 35.0 Å². The molecule has 47 heavy (non-hydrogen) atoms. The molecule has 14 nitrogen and oxygen atoms in total. The molecule has 2 aliphatic rings. The SMILES string of the molecule is CCc1cc(O)c(F)cc1-c1ccc2c(-c3nc4c([nH]3)CN(C(=O)c3cnc(N5C[C@H](O)[C@@H](O)[C@H](O)[C@H]5CO)cn3)CC4)n[nH]c2c1. The number of imidazole rings is 1. The molecule has 2 aliphatic heterocycles. The summed E-state index contributed by atoms with van der Waals surface area (Å²) in [5.74, 6) is -0.611. The van der Waals surface area contributed by atoms with Crippen molar-refractivity contribution in [2.24, 2.45) is 0 Å². The summed E-state index contributed by atoms with van der Waals surface area (Å²) in [4.78, 5) is 33.1. The number of halogens is 1. The average molecular weight is 645 g/mol. The molecule has 7 N–H and O–H groups in total. The molecular weight excluding hydrogens is 611 g/mol. The third-order valence-corrected chi connectivity index (χ3v) is 9.03. The highest BCUT2D eigenvalue weighted by Crippen LogP contribution is 2.34. The van der Waals surface area contributed by atoms with Crippen LogP contribution in [0.3, 0.4) is 0 Å². The summed E-state index contributed by atoms with van der Waals surface area (Å²) < 4.78 is 14.2. The van der Waals surface area contributed by atoms with Crippen molar-refractivity contribution in [1.29, 1.82) is 0 Å². The first kappa shape index (κ1) is 30.7. The number of aromatic amines is 2. The van der Waals surface area contributed by atoms with E-state index in [4.69, 9.17) is 4.98 Å². The molecule has 5 aromatic rings. The third kappa shape index (κ3) is 5.36. The number of hydrogen-bond donors (Lipinski definition) is 7. The van der Waals surface area contributed by atoms with E-state index in [0.29, 0.717) is 36.5 Å². The molecule has 2 aromatic carbocycles. The monoisotopic (exact) mass is 644 g/mol. The number of aliphatic hydroxyl groups is 4. The fraction of sp³-hybridized carbons (Fsp3) is 0.344. The van der Waals surface area contributed by atoms with Crippen molar-refractivity contribution in [2.45, 2.75) is 50.7 Å².